The van der Waals surface area contributed by atoms with Gasteiger partial charge in [-0.05, 0) is 42.8 Å². The standard InChI is InChI=1S/C20H22N2O5/c1-26-17-12-10-16(11-13-17)22-19(24)14-27-20(25)9-5-8-18(23)21-15-6-3-2-4-7-15/h2-4,6-7,10-13H,5,8-9,14H2,1H3,(H,21,23)(H,22,24). The Kier molecular flexibility index (Phi) is 7.84. The van der Waals surface area contributed by atoms with E-state index in [1.807, 2.05) is 18.2 Å². The zero-order valence-corrected chi connectivity index (χ0v) is 15.1. The third-order valence-electron chi connectivity index (χ3n) is 3.58. The van der Waals surface area contributed by atoms with Crippen molar-refractivity contribution >= 4 is 29.2 Å². The molecule has 142 valence electrons. The van der Waals surface area contributed by atoms with Crippen molar-refractivity contribution in [1.29, 1.82) is 0 Å². The number of methoxy groups -OCH3 is 1. The van der Waals surface area contributed by atoms with Crippen LogP contribution in [0.2, 0.25) is 0 Å². The highest BCUT2D eigenvalue weighted by Crippen LogP contribution is 2.14. The van der Waals surface area contributed by atoms with Crippen molar-refractivity contribution in [3.63, 3.8) is 0 Å². The minimum absolute atomic E-state index is 0.0675. The molecular weight excluding hydrogens is 348 g/mol. The molecule has 2 N–H and O–H groups in total. The van der Waals surface area contributed by atoms with Gasteiger partial charge >= 0.3 is 5.97 Å². The van der Waals surface area contributed by atoms with Gasteiger partial charge in [0.1, 0.15) is 5.75 Å². The maximum Gasteiger partial charge on any atom is 0.306 e. The Bertz CT molecular complexity index is 760. The first-order valence-corrected chi connectivity index (χ1v) is 8.51. The van der Waals surface area contributed by atoms with Crippen molar-refractivity contribution in [1.82, 2.24) is 0 Å². The maximum absolute atomic E-state index is 11.8. The summed E-state index contributed by atoms with van der Waals surface area (Å²) < 4.78 is 9.94. The summed E-state index contributed by atoms with van der Waals surface area (Å²) in [4.78, 5) is 35.2. The molecule has 0 spiro atoms. The van der Waals surface area contributed by atoms with Gasteiger partial charge in [0, 0.05) is 24.2 Å². The van der Waals surface area contributed by atoms with Gasteiger partial charge in [-0.1, -0.05) is 18.2 Å². The molecule has 7 nitrogen and oxygen atoms in total. The van der Waals surface area contributed by atoms with E-state index in [4.69, 9.17) is 9.47 Å². The lowest BCUT2D eigenvalue weighted by molar-refractivity contribution is -0.147. The number of amides is 2. The Hall–Kier alpha value is -3.35. The molecule has 0 radical (unpaired) electrons. The summed E-state index contributed by atoms with van der Waals surface area (Å²) in [5.74, 6) is -0.454. The number of para-hydroxylation sites is 1. The van der Waals surface area contributed by atoms with E-state index in [1.54, 1.807) is 43.5 Å². The van der Waals surface area contributed by atoms with E-state index in [0.29, 0.717) is 23.5 Å². The minimum atomic E-state index is -0.521. The second kappa shape index (κ2) is 10.6. The molecule has 0 aliphatic carbocycles. The molecule has 0 saturated heterocycles. The highest BCUT2D eigenvalue weighted by Gasteiger charge is 2.10. The first-order chi connectivity index (χ1) is 13.1. The molecule has 0 bridgehead atoms. The Morgan fingerprint density at radius 3 is 2.11 bits per heavy atom. The first kappa shape index (κ1) is 20.0. The molecule has 2 amide bonds. The van der Waals surface area contributed by atoms with Crippen molar-refractivity contribution in [2.45, 2.75) is 19.3 Å². The number of rotatable bonds is 9. The van der Waals surface area contributed by atoms with E-state index in [2.05, 4.69) is 10.6 Å². The monoisotopic (exact) mass is 370 g/mol. The molecule has 2 aromatic rings. The van der Waals surface area contributed by atoms with Gasteiger partial charge in [-0.25, -0.2) is 0 Å². The number of ether oxygens (including phenoxy) is 2. The van der Waals surface area contributed by atoms with Crippen LogP contribution < -0.4 is 15.4 Å². The summed E-state index contributed by atoms with van der Waals surface area (Å²) in [6.45, 7) is -0.374. The van der Waals surface area contributed by atoms with E-state index < -0.39 is 11.9 Å². The summed E-state index contributed by atoms with van der Waals surface area (Å²) in [5.41, 5.74) is 1.29. The molecule has 0 atom stereocenters. The largest absolute Gasteiger partial charge is 0.497 e. The lowest BCUT2D eigenvalue weighted by atomic mass is 10.2. The number of carbonyl (C=O) groups excluding carboxylic acids is 3. The smallest absolute Gasteiger partial charge is 0.306 e. The van der Waals surface area contributed by atoms with E-state index in [-0.39, 0.29) is 25.4 Å². The molecule has 27 heavy (non-hydrogen) atoms. The second-order valence-electron chi connectivity index (χ2n) is 5.71. The topological polar surface area (TPSA) is 93.7 Å². The third-order valence-corrected chi connectivity index (χ3v) is 3.58. The third kappa shape index (κ3) is 7.60. The van der Waals surface area contributed by atoms with Gasteiger partial charge in [-0.15, -0.1) is 0 Å². The highest BCUT2D eigenvalue weighted by molar-refractivity contribution is 5.93. The van der Waals surface area contributed by atoms with E-state index in [1.165, 1.54) is 0 Å². The fourth-order valence-corrected chi connectivity index (χ4v) is 2.23. The van der Waals surface area contributed by atoms with E-state index >= 15 is 0 Å². The van der Waals surface area contributed by atoms with Crippen molar-refractivity contribution in [3.05, 3.63) is 54.6 Å². The highest BCUT2D eigenvalue weighted by atomic mass is 16.5. The summed E-state index contributed by atoms with van der Waals surface area (Å²) in [6.07, 6.45) is 0.609. The summed E-state index contributed by atoms with van der Waals surface area (Å²) in [7, 11) is 1.55. The number of hydrogen-bond donors (Lipinski definition) is 2. The van der Waals surface area contributed by atoms with Crippen molar-refractivity contribution in [2.75, 3.05) is 24.4 Å². The van der Waals surface area contributed by atoms with Gasteiger partial charge in [0.25, 0.3) is 5.91 Å². The fourth-order valence-electron chi connectivity index (χ4n) is 2.23. The Morgan fingerprint density at radius 2 is 1.44 bits per heavy atom. The lowest BCUT2D eigenvalue weighted by Crippen LogP contribution is -2.21. The fraction of sp³-hybridized carbons (Fsp3) is 0.250. The Morgan fingerprint density at radius 1 is 0.815 bits per heavy atom. The molecule has 7 heteroatoms. The average Bonchev–Trinajstić information content (AvgIpc) is 2.68. The quantitative estimate of drug-likeness (QED) is 0.662. The molecule has 2 aromatic carbocycles. The van der Waals surface area contributed by atoms with Crippen LogP contribution in [0.5, 0.6) is 5.75 Å². The van der Waals surface area contributed by atoms with Crippen molar-refractivity contribution < 1.29 is 23.9 Å². The molecule has 2 rings (SSSR count). The SMILES string of the molecule is COc1ccc(NC(=O)COC(=O)CCCC(=O)Nc2ccccc2)cc1. The van der Waals surface area contributed by atoms with Crippen LogP contribution in [0, 0.1) is 0 Å². The minimum Gasteiger partial charge on any atom is -0.497 e. The Labute approximate surface area is 157 Å². The maximum atomic E-state index is 11.8. The van der Waals surface area contributed by atoms with E-state index in [9.17, 15) is 14.4 Å². The molecule has 0 heterocycles. The number of anilines is 2. The van der Waals surface area contributed by atoms with Gasteiger partial charge in [0.2, 0.25) is 5.91 Å². The summed E-state index contributed by atoms with van der Waals surface area (Å²) in [5, 5.41) is 5.35. The van der Waals surface area contributed by atoms with Crippen LogP contribution in [0.15, 0.2) is 54.6 Å². The molecule has 0 fully saturated rings. The van der Waals surface area contributed by atoms with Crippen LogP contribution in [0.4, 0.5) is 11.4 Å². The predicted molar refractivity (Wildman–Crippen MR) is 102 cm³/mol. The lowest BCUT2D eigenvalue weighted by Gasteiger charge is -2.08. The number of nitrogens with one attached hydrogen (secondary N) is 2. The molecular formula is C20H22N2O5. The van der Waals surface area contributed by atoms with Crippen LogP contribution in [0.1, 0.15) is 19.3 Å². The molecule has 0 aromatic heterocycles. The van der Waals surface area contributed by atoms with Crippen LogP contribution in [0.25, 0.3) is 0 Å². The van der Waals surface area contributed by atoms with Crippen LogP contribution in [-0.4, -0.2) is 31.5 Å². The Balaban J connectivity index is 1.61. The van der Waals surface area contributed by atoms with Crippen LogP contribution in [0.3, 0.4) is 0 Å². The number of hydrogen-bond acceptors (Lipinski definition) is 5. The van der Waals surface area contributed by atoms with Crippen molar-refractivity contribution in [3.8, 4) is 5.75 Å². The molecule has 0 aliphatic rings. The van der Waals surface area contributed by atoms with Crippen LogP contribution >= 0.6 is 0 Å². The van der Waals surface area contributed by atoms with Gasteiger partial charge in [-0.2, -0.15) is 0 Å². The summed E-state index contributed by atoms with van der Waals surface area (Å²) >= 11 is 0. The number of esters is 1. The second-order valence-corrected chi connectivity index (χ2v) is 5.71. The number of carbonyl (C=O) groups is 3. The first-order valence-electron chi connectivity index (χ1n) is 8.51. The molecule has 0 saturated carbocycles. The van der Waals surface area contributed by atoms with Crippen molar-refractivity contribution in [2.24, 2.45) is 0 Å². The van der Waals surface area contributed by atoms with Gasteiger partial charge < -0.3 is 20.1 Å². The summed E-state index contributed by atoms with van der Waals surface area (Å²) in [6, 6.07) is 15.9. The van der Waals surface area contributed by atoms with Crippen LogP contribution in [-0.2, 0) is 19.1 Å². The normalized spacial score (nSPS) is 9.96. The zero-order valence-electron chi connectivity index (χ0n) is 15.1. The van der Waals surface area contributed by atoms with Gasteiger partial charge in [-0.3, -0.25) is 14.4 Å². The zero-order chi connectivity index (χ0) is 19.5. The van der Waals surface area contributed by atoms with Gasteiger partial charge in [0.15, 0.2) is 6.61 Å². The van der Waals surface area contributed by atoms with Gasteiger partial charge in [0.05, 0.1) is 7.11 Å². The average molecular weight is 370 g/mol. The van der Waals surface area contributed by atoms with E-state index in [0.717, 1.165) is 0 Å². The molecule has 0 aliphatic heterocycles. The predicted octanol–water partition coefficient (Wildman–Crippen LogP) is 2.99. The molecule has 0 unspecified atom stereocenters. The number of benzene rings is 2.